The van der Waals surface area contributed by atoms with E-state index in [2.05, 4.69) is 15.3 Å². The number of phenolic OH excluding ortho intramolecular Hbond substituents is 2. The van der Waals surface area contributed by atoms with E-state index < -0.39 is 0 Å². The number of carbonyl (C=O) groups excluding carboxylic acids is 1. The summed E-state index contributed by atoms with van der Waals surface area (Å²) in [5, 5.41) is 24.2. The summed E-state index contributed by atoms with van der Waals surface area (Å²) in [5.74, 6) is -0.577. The quantitative estimate of drug-likeness (QED) is 0.640. The molecule has 0 aliphatic carbocycles. The zero-order chi connectivity index (χ0) is 16.2. The third-order valence-electron chi connectivity index (χ3n) is 3.15. The number of aromatic hydroxyl groups is 2. The number of carbonyl (C=O) groups is 1. The van der Waals surface area contributed by atoms with Crippen LogP contribution < -0.4 is 5.32 Å². The fourth-order valence-corrected chi connectivity index (χ4v) is 2.71. The van der Waals surface area contributed by atoms with Crippen LogP contribution in [-0.4, -0.2) is 26.1 Å². The number of hydrogen-bond acceptors (Lipinski definition) is 6. The molecule has 0 aliphatic rings. The predicted molar refractivity (Wildman–Crippen MR) is 86.3 cm³/mol. The summed E-state index contributed by atoms with van der Waals surface area (Å²) in [6.45, 7) is 0.308. The Morgan fingerprint density at radius 1 is 1.22 bits per heavy atom. The van der Waals surface area contributed by atoms with Gasteiger partial charge < -0.3 is 15.5 Å². The molecule has 0 radical (unpaired) electrons. The largest absolute Gasteiger partial charge is 0.504 e. The Kier molecular flexibility index (Phi) is 4.20. The minimum absolute atomic E-state index is 0.173. The van der Waals surface area contributed by atoms with E-state index in [0.29, 0.717) is 23.4 Å². The van der Waals surface area contributed by atoms with Crippen molar-refractivity contribution in [1.29, 1.82) is 0 Å². The highest BCUT2D eigenvalue weighted by Gasteiger charge is 2.09. The number of aromatic nitrogens is 2. The molecule has 0 saturated heterocycles. The first-order valence-corrected chi connectivity index (χ1v) is 7.66. The first kappa shape index (κ1) is 15.0. The number of rotatable bonds is 4. The van der Waals surface area contributed by atoms with Crippen molar-refractivity contribution >= 4 is 17.2 Å². The fraction of sp³-hybridized carbons (Fsp3) is 0.0625. The molecule has 2 aromatic heterocycles. The highest BCUT2D eigenvalue weighted by molar-refractivity contribution is 7.09. The molecule has 0 saturated carbocycles. The smallest absolute Gasteiger partial charge is 0.253 e. The van der Waals surface area contributed by atoms with Crippen LogP contribution in [0, 0.1) is 0 Å². The summed E-state index contributed by atoms with van der Waals surface area (Å²) in [6.07, 6.45) is 3.11. The van der Waals surface area contributed by atoms with Crippen LogP contribution in [0.2, 0.25) is 0 Å². The van der Waals surface area contributed by atoms with Crippen LogP contribution in [0.4, 0.5) is 0 Å². The van der Waals surface area contributed by atoms with Gasteiger partial charge in [-0.15, -0.1) is 11.3 Å². The summed E-state index contributed by atoms with van der Waals surface area (Å²) < 4.78 is 0. The Morgan fingerprint density at radius 3 is 2.83 bits per heavy atom. The molecule has 1 aromatic carbocycles. The summed E-state index contributed by atoms with van der Waals surface area (Å²) in [4.78, 5) is 20.3. The second kappa shape index (κ2) is 6.45. The van der Waals surface area contributed by atoms with Crippen LogP contribution in [-0.2, 0) is 6.54 Å². The SMILES string of the molecule is O=C(NCc1nc(-c2ccc(O)c(O)c2)cs1)c1cccnc1. The molecule has 0 atom stereocenters. The van der Waals surface area contributed by atoms with E-state index in [0.717, 1.165) is 5.01 Å². The third-order valence-corrected chi connectivity index (χ3v) is 4.00. The van der Waals surface area contributed by atoms with Gasteiger partial charge in [0.15, 0.2) is 11.5 Å². The van der Waals surface area contributed by atoms with E-state index in [9.17, 15) is 15.0 Å². The second-order valence-electron chi connectivity index (χ2n) is 4.75. The van der Waals surface area contributed by atoms with Crippen molar-refractivity contribution in [3.05, 3.63) is 58.7 Å². The topological polar surface area (TPSA) is 95.3 Å². The van der Waals surface area contributed by atoms with E-state index in [1.165, 1.54) is 29.7 Å². The summed E-state index contributed by atoms with van der Waals surface area (Å²) in [5.41, 5.74) is 1.87. The van der Waals surface area contributed by atoms with Crippen molar-refractivity contribution in [2.24, 2.45) is 0 Å². The molecular formula is C16H13N3O3S. The van der Waals surface area contributed by atoms with Crippen LogP contribution >= 0.6 is 11.3 Å². The molecular weight excluding hydrogens is 314 g/mol. The van der Waals surface area contributed by atoms with Crippen LogP contribution in [0.15, 0.2) is 48.1 Å². The fourth-order valence-electron chi connectivity index (χ4n) is 1.96. The van der Waals surface area contributed by atoms with Crippen LogP contribution in [0.25, 0.3) is 11.3 Å². The Labute approximate surface area is 136 Å². The van der Waals surface area contributed by atoms with E-state index in [-0.39, 0.29) is 17.4 Å². The maximum atomic E-state index is 11.9. The van der Waals surface area contributed by atoms with Crippen molar-refractivity contribution < 1.29 is 15.0 Å². The van der Waals surface area contributed by atoms with Crippen molar-refractivity contribution in [2.75, 3.05) is 0 Å². The van der Waals surface area contributed by atoms with Gasteiger partial charge in [-0.05, 0) is 30.3 Å². The van der Waals surface area contributed by atoms with Gasteiger partial charge in [0.25, 0.3) is 5.91 Å². The molecule has 0 aliphatic heterocycles. The lowest BCUT2D eigenvalue weighted by Gasteiger charge is -2.02. The predicted octanol–water partition coefficient (Wildman–Crippen LogP) is 2.55. The summed E-state index contributed by atoms with van der Waals surface area (Å²) >= 11 is 1.41. The molecule has 0 fully saturated rings. The van der Waals surface area contributed by atoms with Crippen LogP contribution in [0.3, 0.4) is 0 Å². The zero-order valence-electron chi connectivity index (χ0n) is 11.9. The Morgan fingerprint density at radius 2 is 2.09 bits per heavy atom. The number of thiazole rings is 1. The summed E-state index contributed by atoms with van der Waals surface area (Å²) in [7, 11) is 0. The molecule has 3 N–H and O–H groups in total. The molecule has 7 heteroatoms. The number of nitrogens with one attached hydrogen (secondary N) is 1. The molecule has 23 heavy (non-hydrogen) atoms. The van der Waals surface area contributed by atoms with Gasteiger partial charge in [-0.25, -0.2) is 4.98 Å². The number of phenols is 2. The second-order valence-corrected chi connectivity index (χ2v) is 5.70. The normalized spacial score (nSPS) is 10.4. The molecule has 0 spiro atoms. The molecule has 1 amide bonds. The standard InChI is InChI=1S/C16H13N3O3S/c20-13-4-3-10(6-14(13)21)12-9-23-15(19-12)8-18-16(22)11-2-1-5-17-7-11/h1-7,9,20-21H,8H2,(H,18,22). The first-order valence-electron chi connectivity index (χ1n) is 6.78. The summed E-state index contributed by atoms with van der Waals surface area (Å²) in [6, 6.07) is 7.92. The number of hydrogen-bond donors (Lipinski definition) is 3. The minimum atomic E-state index is -0.211. The third kappa shape index (κ3) is 3.46. The zero-order valence-corrected chi connectivity index (χ0v) is 12.7. The van der Waals surface area contributed by atoms with E-state index >= 15 is 0 Å². The molecule has 6 nitrogen and oxygen atoms in total. The van der Waals surface area contributed by atoms with E-state index in [1.807, 2.05) is 5.38 Å². The van der Waals surface area contributed by atoms with Gasteiger partial charge in [0, 0.05) is 23.3 Å². The molecule has 116 valence electrons. The van der Waals surface area contributed by atoms with Crippen molar-refractivity contribution in [3.8, 4) is 22.8 Å². The Bertz CT molecular complexity index is 834. The number of pyridine rings is 1. The lowest BCUT2D eigenvalue weighted by Crippen LogP contribution is -2.22. The van der Waals surface area contributed by atoms with Gasteiger partial charge in [0.2, 0.25) is 0 Å². The lowest BCUT2D eigenvalue weighted by molar-refractivity contribution is 0.0950. The van der Waals surface area contributed by atoms with Crippen molar-refractivity contribution in [2.45, 2.75) is 6.54 Å². The average Bonchev–Trinajstić information content (AvgIpc) is 3.05. The average molecular weight is 327 g/mol. The van der Waals surface area contributed by atoms with E-state index in [4.69, 9.17) is 0 Å². The molecule has 3 rings (SSSR count). The van der Waals surface area contributed by atoms with Crippen LogP contribution in [0.5, 0.6) is 11.5 Å². The number of benzene rings is 1. The van der Waals surface area contributed by atoms with Gasteiger partial charge in [-0.2, -0.15) is 0 Å². The molecule has 2 heterocycles. The highest BCUT2D eigenvalue weighted by Crippen LogP contribution is 2.30. The number of nitrogens with zero attached hydrogens (tertiary/aromatic N) is 2. The van der Waals surface area contributed by atoms with Crippen molar-refractivity contribution in [3.63, 3.8) is 0 Å². The van der Waals surface area contributed by atoms with Gasteiger partial charge in [0.05, 0.1) is 17.8 Å². The van der Waals surface area contributed by atoms with Gasteiger partial charge in [-0.1, -0.05) is 0 Å². The van der Waals surface area contributed by atoms with E-state index in [1.54, 1.807) is 24.4 Å². The van der Waals surface area contributed by atoms with Crippen LogP contribution in [0.1, 0.15) is 15.4 Å². The monoisotopic (exact) mass is 327 g/mol. The maximum Gasteiger partial charge on any atom is 0.253 e. The van der Waals surface area contributed by atoms with Crippen molar-refractivity contribution in [1.82, 2.24) is 15.3 Å². The number of amides is 1. The molecule has 0 bridgehead atoms. The Balaban J connectivity index is 1.68. The van der Waals surface area contributed by atoms with Gasteiger partial charge in [-0.3, -0.25) is 9.78 Å². The molecule has 0 unspecified atom stereocenters. The highest BCUT2D eigenvalue weighted by atomic mass is 32.1. The maximum absolute atomic E-state index is 11.9. The minimum Gasteiger partial charge on any atom is -0.504 e. The first-order chi connectivity index (χ1) is 11.1. The molecule has 3 aromatic rings. The van der Waals surface area contributed by atoms with Gasteiger partial charge in [0.1, 0.15) is 5.01 Å². The lowest BCUT2D eigenvalue weighted by atomic mass is 10.1. The van der Waals surface area contributed by atoms with Gasteiger partial charge >= 0.3 is 0 Å². The Hall–Kier alpha value is -2.93.